The summed E-state index contributed by atoms with van der Waals surface area (Å²) in [5, 5.41) is 7.75. The van der Waals surface area contributed by atoms with Gasteiger partial charge in [0.2, 0.25) is 5.65 Å². The molecule has 4 aromatic rings. The van der Waals surface area contributed by atoms with Crippen LogP contribution in [0.15, 0.2) is 42.7 Å². The summed E-state index contributed by atoms with van der Waals surface area (Å²) in [6.07, 6.45) is 3.54. The minimum atomic E-state index is 0.273. The van der Waals surface area contributed by atoms with Gasteiger partial charge in [-0.25, -0.2) is 9.38 Å². The Kier molecular flexibility index (Phi) is 3.77. The molecule has 4 aromatic heterocycles. The van der Waals surface area contributed by atoms with E-state index in [0.29, 0.717) is 5.82 Å². The maximum atomic E-state index is 7.33. The van der Waals surface area contributed by atoms with Crippen molar-refractivity contribution in [3.63, 3.8) is 0 Å². The van der Waals surface area contributed by atoms with Crippen molar-refractivity contribution in [3.8, 4) is 22.5 Å². The summed E-state index contributed by atoms with van der Waals surface area (Å²) < 4.78 is 1.81. The first-order chi connectivity index (χ1) is 12.6. The number of hydrogen-bond acceptors (Lipinski definition) is 3. The molecule has 0 saturated carbocycles. The highest BCUT2D eigenvalue weighted by Gasteiger charge is 2.21. The molecular weight excluding hydrogens is 324 g/mol. The van der Waals surface area contributed by atoms with Crippen LogP contribution in [0.25, 0.3) is 33.0 Å². The Labute approximate surface area is 151 Å². The van der Waals surface area contributed by atoms with E-state index in [1.165, 1.54) is 0 Å². The van der Waals surface area contributed by atoms with E-state index in [1.54, 1.807) is 6.20 Å². The number of nitrogens with zero attached hydrogens (tertiary/aromatic N) is 5. The highest BCUT2D eigenvalue weighted by molar-refractivity contribution is 5.82. The second-order valence-corrected chi connectivity index (χ2v) is 6.55. The molecule has 0 saturated heterocycles. The fraction of sp³-hybridized carbons (Fsp3) is 0.200. The van der Waals surface area contributed by atoms with Gasteiger partial charge in [-0.05, 0) is 31.0 Å². The largest absolute Gasteiger partial charge is 0.362 e. The lowest BCUT2D eigenvalue weighted by atomic mass is 9.97. The number of aromatic amines is 1. The zero-order valence-electron chi connectivity index (χ0n) is 14.9. The SMILES string of the molecule is [C-]#[N+]c1cnc2ccc(-c3c(-c4cccc(C)n4)n[nH]c3C(C)C)cn12. The van der Waals surface area contributed by atoms with E-state index in [2.05, 4.69) is 38.9 Å². The number of fused-ring (bicyclic) bond motifs is 1. The monoisotopic (exact) mass is 342 g/mol. The Bertz CT molecular complexity index is 1140. The molecule has 0 atom stereocenters. The van der Waals surface area contributed by atoms with Gasteiger partial charge in [0.05, 0.1) is 18.1 Å². The molecule has 128 valence electrons. The molecule has 0 radical (unpaired) electrons. The minimum absolute atomic E-state index is 0.273. The van der Waals surface area contributed by atoms with Crippen LogP contribution in [0.4, 0.5) is 5.82 Å². The molecule has 0 bridgehead atoms. The molecule has 26 heavy (non-hydrogen) atoms. The average molecular weight is 342 g/mol. The molecule has 0 amide bonds. The summed E-state index contributed by atoms with van der Waals surface area (Å²) in [6.45, 7) is 13.6. The number of aryl methyl sites for hydroxylation is 1. The summed E-state index contributed by atoms with van der Waals surface area (Å²) >= 11 is 0. The van der Waals surface area contributed by atoms with E-state index in [1.807, 2.05) is 47.9 Å². The van der Waals surface area contributed by atoms with E-state index in [4.69, 9.17) is 6.57 Å². The molecule has 4 heterocycles. The zero-order chi connectivity index (χ0) is 18.3. The molecule has 0 fully saturated rings. The third-order valence-electron chi connectivity index (χ3n) is 4.39. The van der Waals surface area contributed by atoms with Crippen molar-refractivity contribution in [1.29, 1.82) is 0 Å². The van der Waals surface area contributed by atoms with Crippen LogP contribution in [-0.4, -0.2) is 24.6 Å². The van der Waals surface area contributed by atoms with Crippen LogP contribution in [0.1, 0.15) is 31.2 Å². The summed E-state index contributed by atoms with van der Waals surface area (Å²) in [6, 6.07) is 9.87. The van der Waals surface area contributed by atoms with E-state index in [-0.39, 0.29) is 5.92 Å². The van der Waals surface area contributed by atoms with Gasteiger partial charge in [-0.1, -0.05) is 26.5 Å². The Morgan fingerprint density at radius 3 is 2.77 bits per heavy atom. The average Bonchev–Trinajstić information content (AvgIpc) is 3.25. The van der Waals surface area contributed by atoms with Gasteiger partial charge in [0.15, 0.2) is 0 Å². The lowest BCUT2D eigenvalue weighted by Gasteiger charge is -2.09. The van der Waals surface area contributed by atoms with Gasteiger partial charge in [-0.3, -0.25) is 10.1 Å². The predicted molar refractivity (Wildman–Crippen MR) is 101 cm³/mol. The second-order valence-electron chi connectivity index (χ2n) is 6.55. The first kappa shape index (κ1) is 16.0. The summed E-state index contributed by atoms with van der Waals surface area (Å²) in [5.41, 5.74) is 6.40. The van der Waals surface area contributed by atoms with Crippen LogP contribution >= 0.6 is 0 Å². The summed E-state index contributed by atoms with van der Waals surface area (Å²) in [4.78, 5) is 12.5. The van der Waals surface area contributed by atoms with Crippen LogP contribution in [0.2, 0.25) is 0 Å². The topological polar surface area (TPSA) is 63.2 Å². The van der Waals surface area contributed by atoms with Crippen LogP contribution in [-0.2, 0) is 0 Å². The molecule has 0 aliphatic rings. The number of aromatic nitrogens is 5. The molecule has 4 rings (SSSR count). The molecule has 6 nitrogen and oxygen atoms in total. The lowest BCUT2D eigenvalue weighted by Crippen LogP contribution is -1.94. The van der Waals surface area contributed by atoms with E-state index in [9.17, 15) is 0 Å². The number of rotatable bonds is 3. The maximum Gasteiger partial charge on any atom is 0.254 e. The van der Waals surface area contributed by atoms with E-state index in [0.717, 1.165) is 39.5 Å². The fourth-order valence-electron chi connectivity index (χ4n) is 3.12. The van der Waals surface area contributed by atoms with Crippen molar-refractivity contribution >= 4 is 11.5 Å². The van der Waals surface area contributed by atoms with Gasteiger partial charge < -0.3 is 4.85 Å². The Hall–Kier alpha value is -3.46. The van der Waals surface area contributed by atoms with Crippen molar-refractivity contribution in [2.75, 3.05) is 0 Å². The van der Waals surface area contributed by atoms with Gasteiger partial charge in [0.25, 0.3) is 5.82 Å². The first-order valence-electron chi connectivity index (χ1n) is 8.45. The molecule has 0 aliphatic heterocycles. The van der Waals surface area contributed by atoms with Gasteiger partial charge >= 0.3 is 0 Å². The number of imidazole rings is 1. The van der Waals surface area contributed by atoms with E-state index >= 15 is 0 Å². The second kappa shape index (κ2) is 6.12. The smallest absolute Gasteiger partial charge is 0.254 e. The first-order valence-corrected chi connectivity index (χ1v) is 8.45. The summed E-state index contributed by atoms with van der Waals surface area (Å²) in [5.74, 6) is 0.765. The Balaban J connectivity index is 1.98. The molecule has 0 unspecified atom stereocenters. The number of pyridine rings is 2. The van der Waals surface area contributed by atoms with Crippen molar-refractivity contribution in [1.82, 2.24) is 24.6 Å². The van der Waals surface area contributed by atoms with Crippen LogP contribution < -0.4 is 0 Å². The van der Waals surface area contributed by atoms with Crippen molar-refractivity contribution in [2.24, 2.45) is 0 Å². The van der Waals surface area contributed by atoms with Gasteiger partial charge in [-0.15, -0.1) is 0 Å². The summed E-state index contributed by atoms with van der Waals surface area (Å²) in [7, 11) is 0. The highest BCUT2D eigenvalue weighted by atomic mass is 15.1. The number of hydrogen-bond donors (Lipinski definition) is 1. The minimum Gasteiger partial charge on any atom is -0.362 e. The maximum absolute atomic E-state index is 7.33. The fourth-order valence-corrected chi connectivity index (χ4v) is 3.12. The lowest BCUT2D eigenvalue weighted by molar-refractivity contribution is 0.812. The van der Waals surface area contributed by atoms with E-state index < -0.39 is 0 Å². The Morgan fingerprint density at radius 2 is 2.04 bits per heavy atom. The van der Waals surface area contributed by atoms with Crippen LogP contribution in [0, 0.1) is 13.5 Å². The van der Waals surface area contributed by atoms with Crippen molar-refractivity contribution in [2.45, 2.75) is 26.7 Å². The van der Waals surface area contributed by atoms with Gasteiger partial charge in [0, 0.05) is 28.6 Å². The molecule has 0 spiro atoms. The normalized spacial score (nSPS) is 11.2. The van der Waals surface area contributed by atoms with Crippen molar-refractivity contribution < 1.29 is 0 Å². The zero-order valence-corrected chi connectivity index (χ0v) is 14.9. The van der Waals surface area contributed by atoms with Gasteiger partial charge in [-0.2, -0.15) is 5.10 Å². The Morgan fingerprint density at radius 1 is 1.19 bits per heavy atom. The molecular formula is C20H18N6. The third kappa shape index (κ3) is 2.54. The standard InChI is InChI=1S/C20H18N6/c1-12(2)19-18(20(25-24-19)15-7-5-6-13(3)23-15)14-8-9-16-22-10-17(21-4)26(16)11-14/h5-12H,1-3H3,(H,24,25). The van der Waals surface area contributed by atoms with Crippen LogP contribution in [0.3, 0.4) is 0 Å². The third-order valence-corrected chi connectivity index (χ3v) is 4.39. The number of nitrogens with one attached hydrogen (secondary N) is 1. The molecule has 0 aliphatic carbocycles. The van der Waals surface area contributed by atoms with Crippen LogP contribution in [0.5, 0.6) is 0 Å². The number of H-pyrrole nitrogens is 1. The van der Waals surface area contributed by atoms with Crippen molar-refractivity contribution in [3.05, 3.63) is 65.5 Å². The predicted octanol–water partition coefficient (Wildman–Crippen LogP) is 4.77. The quantitative estimate of drug-likeness (QED) is 0.546. The molecule has 1 N–H and O–H groups in total. The molecule has 6 heteroatoms. The molecule has 0 aromatic carbocycles. The highest BCUT2D eigenvalue weighted by Crippen LogP contribution is 2.36. The van der Waals surface area contributed by atoms with Gasteiger partial charge in [0.1, 0.15) is 5.69 Å².